The van der Waals surface area contributed by atoms with E-state index in [4.69, 9.17) is 14.7 Å². The van der Waals surface area contributed by atoms with Gasteiger partial charge in [-0.1, -0.05) is 0 Å². The smallest absolute Gasteiger partial charge is 0.416 e. The molecule has 0 saturated carbocycles. The Morgan fingerprint density at radius 1 is 1.36 bits per heavy atom. The first-order valence-electron chi connectivity index (χ1n) is 6.88. The van der Waals surface area contributed by atoms with Gasteiger partial charge in [-0.15, -0.1) is 10.2 Å². The molecule has 0 aliphatic carbocycles. The van der Waals surface area contributed by atoms with E-state index in [0.29, 0.717) is 0 Å². The highest BCUT2D eigenvalue weighted by Gasteiger charge is 2.31. The zero-order valence-corrected chi connectivity index (χ0v) is 13.0. The topological polar surface area (TPSA) is 109 Å². The number of aromatic amines is 1. The number of allylic oxidation sites excluding steroid dienone is 1. The Kier molecular flexibility index (Phi) is 5.91. The van der Waals surface area contributed by atoms with Crippen molar-refractivity contribution >= 4 is 11.3 Å². The molecule has 0 aliphatic rings. The average molecular weight is 354 g/mol. The molecule has 1 aromatic heterocycles. The first-order valence-corrected chi connectivity index (χ1v) is 6.88. The van der Waals surface area contributed by atoms with Crippen LogP contribution in [0.3, 0.4) is 0 Å². The summed E-state index contributed by atoms with van der Waals surface area (Å²) in [5.41, 5.74) is -0.817. The number of halogens is 3. The number of tetrazole rings is 1. The number of hydrogen-bond donors (Lipinski definition) is 2. The van der Waals surface area contributed by atoms with Crippen LogP contribution in [0.25, 0.3) is 5.57 Å². The quantitative estimate of drug-likeness (QED) is 0.580. The first-order chi connectivity index (χ1) is 11.9. The third kappa shape index (κ3) is 5.18. The summed E-state index contributed by atoms with van der Waals surface area (Å²) >= 11 is 0. The van der Waals surface area contributed by atoms with E-state index in [1.54, 1.807) is 0 Å². The molecule has 2 aromatic rings. The molecule has 8 nitrogen and oxygen atoms in total. The molecule has 0 unspecified atom stereocenters. The number of anilines is 1. The van der Waals surface area contributed by atoms with Crippen LogP contribution in [0, 0.1) is 11.3 Å². The first kappa shape index (κ1) is 18.2. The molecular formula is C14H13F3N6O2. The summed E-state index contributed by atoms with van der Waals surface area (Å²) in [5.74, 6) is 0.0272. The highest BCUT2D eigenvalue weighted by atomic mass is 19.4. The second kappa shape index (κ2) is 8.11. The van der Waals surface area contributed by atoms with E-state index in [1.165, 1.54) is 19.4 Å². The number of ether oxygens (including phenoxy) is 2. The van der Waals surface area contributed by atoms with Crippen LogP contribution < -0.4 is 10.1 Å². The second-order valence-electron chi connectivity index (χ2n) is 4.63. The van der Waals surface area contributed by atoms with Crippen molar-refractivity contribution in [2.45, 2.75) is 6.18 Å². The highest BCUT2D eigenvalue weighted by molar-refractivity contribution is 5.74. The van der Waals surface area contributed by atoms with Crippen molar-refractivity contribution in [3.05, 3.63) is 35.8 Å². The molecule has 0 aliphatic heterocycles. The number of methoxy groups -OCH3 is 1. The molecule has 0 bridgehead atoms. The van der Waals surface area contributed by atoms with Crippen LogP contribution in [0.4, 0.5) is 18.9 Å². The van der Waals surface area contributed by atoms with Crippen molar-refractivity contribution in [2.24, 2.45) is 0 Å². The molecule has 0 fully saturated rings. The minimum Gasteiger partial charge on any atom is -0.491 e. The minimum absolute atomic E-state index is 0.00647. The summed E-state index contributed by atoms with van der Waals surface area (Å²) in [5, 5.41) is 24.4. The van der Waals surface area contributed by atoms with Crippen molar-refractivity contribution in [2.75, 3.05) is 25.6 Å². The highest BCUT2D eigenvalue weighted by Crippen LogP contribution is 2.34. The minimum atomic E-state index is -4.55. The van der Waals surface area contributed by atoms with E-state index >= 15 is 0 Å². The zero-order valence-electron chi connectivity index (χ0n) is 13.0. The lowest BCUT2D eigenvalue weighted by molar-refractivity contribution is -0.137. The van der Waals surface area contributed by atoms with Crippen LogP contribution in [-0.4, -0.2) is 40.9 Å². The number of nitriles is 1. The van der Waals surface area contributed by atoms with Gasteiger partial charge in [0.1, 0.15) is 24.0 Å². The van der Waals surface area contributed by atoms with E-state index in [1.807, 2.05) is 6.07 Å². The van der Waals surface area contributed by atoms with E-state index in [2.05, 4.69) is 25.9 Å². The van der Waals surface area contributed by atoms with E-state index in [9.17, 15) is 13.2 Å². The summed E-state index contributed by atoms with van der Waals surface area (Å²) < 4.78 is 49.1. The Hall–Kier alpha value is -3.13. The number of alkyl halides is 3. The van der Waals surface area contributed by atoms with Crippen molar-refractivity contribution in [1.29, 1.82) is 5.26 Å². The Balaban J connectivity index is 2.26. The van der Waals surface area contributed by atoms with Crippen molar-refractivity contribution < 1.29 is 22.6 Å². The maximum atomic E-state index is 13.0. The largest absolute Gasteiger partial charge is 0.491 e. The van der Waals surface area contributed by atoms with Gasteiger partial charge in [0.15, 0.2) is 0 Å². The average Bonchev–Trinajstić information content (AvgIpc) is 3.09. The van der Waals surface area contributed by atoms with Crippen molar-refractivity contribution in [3.63, 3.8) is 0 Å². The summed E-state index contributed by atoms with van der Waals surface area (Å²) in [7, 11) is 1.45. The van der Waals surface area contributed by atoms with Crippen LogP contribution in [0.5, 0.6) is 5.75 Å². The molecule has 132 valence electrons. The van der Waals surface area contributed by atoms with Crippen LogP contribution in [0.1, 0.15) is 11.4 Å². The molecule has 1 heterocycles. The summed E-state index contributed by atoms with van der Waals surface area (Å²) in [6, 6.07) is 4.96. The standard InChI is InChI=1S/C14H13F3N6O2/c1-24-2-3-25-12-5-10(14(15,16)17)4-11(6-12)19-8-9(7-18)13-20-22-23-21-13/h4-6,8,19H,2-3H2,1H3,(H,20,21,22,23). The normalized spacial score (nSPS) is 11.9. The lowest BCUT2D eigenvalue weighted by atomic mass is 10.1. The lowest BCUT2D eigenvalue weighted by Crippen LogP contribution is -2.08. The van der Waals surface area contributed by atoms with Gasteiger partial charge in [-0.3, -0.25) is 0 Å². The van der Waals surface area contributed by atoms with Gasteiger partial charge in [0.25, 0.3) is 0 Å². The number of rotatable bonds is 7. The van der Waals surface area contributed by atoms with Gasteiger partial charge in [0, 0.05) is 25.1 Å². The fourth-order valence-corrected chi connectivity index (χ4v) is 1.75. The zero-order chi connectivity index (χ0) is 18.3. The molecule has 0 spiro atoms. The molecule has 1 aromatic carbocycles. The monoisotopic (exact) mass is 354 g/mol. The third-order valence-electron chi connectivity index (χ3n) is 2.88. The fourth-order valence-electron chi connectivity index (χ4n) is 1.75. The lowest BCUT2D eigenvalue weighted by Gasteiger charge is -2.13. The maximum Gasteiger partial charge on any atom is 0.416 e. The summed E-state index contributed by atoms with van der Waals surface area (Å²) in [6.07, 6.45) is -3.37. The Bertz CT molecular complexity index is 768. The molecule has 0 atom stereocenters. The van der Waals surface area contributed by atoms with Gasteiger partial charge in [-0.05, 0) is 17.3 Å². The fraction of sp³-hybridized carbons (Fsp3) is 0.286. The maximum absolute atomic E-state index is 13.0. The van der Waals surface area contributed by atoms with Crippen LogP contribution in [0.15, 0.2) is 24.4 Å². The van der Waals surface area contributed by atoms with Crippen LogP contribution in [-0.2, 0) is 10.9 Å². The van der Waals surface area contributed by atoms with Crippen LogP contribution in [0.2, 0.25) is 0 Å². The van der Waals surface area contributed by atoms with Gasteiger partial charge in [0.2, 0.25) is 5.82 Å². The Morgan fingerprint density at radius 3 is 2.76 bits per heavy atom. The van der Waals surface area contributed by atoms with Gasteiger partial charge >= 0.3 is 6.18 Å². The third-order valence-corrected chi connectivity index (χ3v) is 2.88. The Morgan fingerprint density at radius 2 is 2.16 bits per heavy atom. The number of nitrogens with zero attached hydrogens (tertiary/aromatic N) is 4. The van der Waals surface area contributed by atoms with Crippen molar-refractivity contribution in [1.82, 2.24) is 20.6 Å². The van der Waals surface area contributed by atoms with E-state index in [0.717, 1.165) is 12.1 Å². The van der Waals surface area contributed by atoms with Crippen LogP contribution >= 0.6 is 0 Å². The molecule has 0 amide bonds. The molecule has 2 N–H and O–H groups in total. The van der Waals surface area contributed by atoms with E-state index < -0.39 is 11.7 Å². The number of hydrogen-bond acceptors (Lipinski definition) is 7. The number of H-pyrrole nitrogens is 1. The molecule has 2 rings (SSSR count). The summed E-state index contributed by atoms with van der Waals surface area (Å²) in [4.78, 5) is 0. The van der Waals surface area contributed by atoms with Crippen molar-refractivity contribution in [3.8, 4) is 11.8 Å². The number of benzene rings is 1. The second-order valence-corrected chi connectivity index (χ2v) is 4.63. The van der Waals surface area contributed by atoms with Gasteiger partial charge in [-0.25, -0.2) is 0 Å². The molecular weight excluding hydrogens is 341 g/mol. The molecule has 0 radical (unpaired) electrons. The number of aromatic nitrogens is 4. The van der Waals surface area contributed by atoms with Gasteiger partial charge < -0.3 is 14.8 Å². The number of nitrogens with one attached hydrogen (secondary N) is 2. The predicted molar refractivity (Wildman–Crippen MR) is 80.2 cm³/mol. The van der Waals surface area contributed by atoms with Gasteiger partial charge in [-0.2, -0.15) is 23.6 Å². The Labute approximate surface area is 140 Å². The molecule has 11 heteroatoms. The SMILES string of the molecule is COCCOc1cc(NC=C(C#N)c2nn[nH]n2)cc(C(F)(F)F)c1. The predicted octanol–water partition coefficient (Wildman–Crippen LogP) is 2.22. The molecule has 0 saturated heterocycles. The molecule has 25 heavy (non-hydrogen) atoms. The van der Waals surface area contributed by atoms with E-state index in [-0.39, 0.29) is 36.0 Å². The van der Waals surface area contributed by atoms with Gasteiger partial charge in [0.05, 0.1) is 12.2 Å². The summed E-state index contributed by atoms with van der Waals surface area (Å²) in [6.45, 7) is 0.328.